The van der Waals surface area contributed by atoms with E-state index in [-0.39, 0.29) is 6.61 Å². The third kappa shape index (κ3) is 2.03. The number of hydrogen-bond donors (Lipinski definition) is 1. The number of benzene rings is 1. The average Bonchev–Trinajstić information content (AvgIpc) is 3.13. The van der Waals surface area contributed by atoms with Gasteiger partial charge in [-0.15, -0.1) is 0 Å². The first-order valence-electron chi connectivity index (χ1n) is 5.73. The van der Waals surface area contributed by atoms with Crippen molar-refractivity contribution in [2.24, 2.45) is 0 Å². The maximum atomic E-state index is 9.03. The molecule has 17 heavy (non-hydrogen) atoms. The summed E-state index contributed by atoms with van der Waals surface area (Å²) < 4.78 is 3.08. The summed E-state index contributed by atoms with van der Waals surface area (Å²) in [6.45, 7) is 0.0819. The van der Waals surface area contributed by atoms with Crippen LogP contribution in [0.2, 0.25) is 0 Å². The van der Waals surface area contributed by atoms with E-state index in [2.05, 4.69) is 21.0 Å². The molecule has 0 amide bonds. The summed E-state index contributed by atoms with van der Waals surface area (Å²) in [4.78, 5) is 0. The number of nitrogens with zero attached hydrogens (tertiary/aromatic N) is 2. The van der Waals surface area contributed by atoms with Gasteiger partial charge in [0, 0.05) is 5.92 Å². The SMILES string of the molecule is OCc1ccc(-n2ncc(Br)c2C2CC2)cc1. The molecule has 88 valence electrons. The summed E-state index contributed by atoms with van der Waals surface area (Å²) in [5.74, 6) is 0.643. The molecule has 1 fully saturated rings. The van der Waals surface area contributed by atoms with E-state index in [9.17, 15) is 0 Å². The fourth-order valence-electron chi connectivity index (χ4n) is 2.01. The van der Waals surface area contributed by atoms with Crippen molar-refractivity contribution in [1.82, 2.24) is 9.78 Å². The molecule has 1 N–H and O–H groups in total. The Labute approximate surface area is 108 Å². The highest BCUT2D eigenvalue weighted by atomic mass is 79.9. The van der Waals surface area contributed by atoms with E-state index >= 15 is 0 Å². The summed E-state index contributed by atoms with van der Waals surface area (Å²) in [6.07, 6.45) is 4.35. The first-order valence-corrected chi connectivity index (χ1v) is 6.52. The number of aliphatic hydroxyl groups excluding tert-OH is 1. The molecule has 0 spiro atoms. The van der Waals surface area contributed by atoms with Crippen LogP contribution in [-0.2, 0) is 6.61 Å². The summed E-state index contributed by atoms with van der Waals surface area (Å²) in [5.41, 5.74) is 3.24. The maximum Gasteiger partial charge on any atom is 0.0681 e. The van der Waals surface area contributed by atoms with Crippen LogP contribution in [0.15, 0.2) is 34.9 Å². The molecular formula is C13H13BrN2O. The van der Waals surface area contributed by atoms with Gasteiger partial charge in [-0.05, 0) is 46.5 Å². The highest BCUT2D eigenvalue weighted by molar-refractivity contribution is 9.10. The summed E-state index contributed by atoms with van der Waals surface area (Å²) in [5, 5.41) is 13.4. The molecule has 0 unspecified atom stereocenters. The zero-order chi connectivity index (χ0) is 11.8. The number of hydrogen-bond acceptors (Lipinski definition) is 2. The molecule has 3 rings (SSSR count). The van der Waals surface area contributed by atoms with Gasteiger partial charge in [0.05, 0.1) is 28.7 Å². The summed E-state index contributed by atoms with van der Waals surface area (Å²) >= 11 is 3.56. The van der Waals surface area contributed by atoms with Crippen LogP contribution in [0, 0.1) is 0 Å². The van der Waals surface area contributed by atoms with Crippen molar-refractivity contribution in [3.8, 4) is 5.69 Å². The Morgan fingerprint density at radius 3 is 2.59 bits per heavy atom. The highest BCUT2D eigenvalue weighted by Gasteiger charge is 2.29. The van der Waals surface area contributed by atoms with E-state index in [0.29, 0.717) is 5.92 Å². The van der Waals surface area contributed by atoms with Gasteiger partial charge < -0.3 is 5.11 Å². The minimum Gasteiger partial charge on any atom is -0.392 e. The Balaban J connectivity index is 2.02. The molecule has 1 aromatic carbocycles. The lowest BCUT2D eigenvalue weighted by atomic mass is 10.2. The molecule has 0 aliphatic heterocycles. The molecule has 1 aliphatic carbocycles. The standard InChI is InChI=1S/C13H13BrN2O/c14-12-7-15-16(13(12)10-3-4-10)11-5-1-9(8-17)2-6-11/h1-2,5-7,10,17H,3-4,8H2. The van der Waals surface area contributed by atoms with Crippen LogP contribution in [0.5, 0.6) is 0 Å². The van der Waals surface area contributed by atoms with Crippen LogP contribution in [0.1, 0.15) is 30.0 Å². The van der Waals surface area contributed by atoms with Crippen LogP contribution >= 0.6 is 15.9 Å². The number of aliphatic hydroxyl groups is 1. The van der Waals surface area contributed by atoms with Gasteiger partial charge in [-0.25, -0.2) is 4.68 Å². The maximum absolute atomic E-state index is 9.03. The van der Waals surface area contributed by atoms with Crippen molar-refractivity contribution >= 4 is 15.9 Å². The molecule has 0 atom stereocenters. The van der Waals surface area contributed by atoms with Gasteiger partial charge in [0.2, 0.25) is 0 Å². The summed E-state index contributed by atoms with van der Waals surface area (Å²) in [7, 11) is 0. The van der Waals surface area contributed by atoms with Crippen molar-refractivity contribution in [3.63, 3.8) is 0 Å². The van der Waals surface area contributed by atoms with Gasteiger partial charge >= 0.3 is 0 Å². The third-order valence-electron chi connectivity index (χ3n) is 3.09. The fourth-order valence-corrected chi connectivity index (χ4v) is 2.59. The number of aromatic nitrogens is 2. The number of rotatable bonds is 3. The van der Waals surface area contributed by atoms with Gasteiger partial charge in [-0.2, -0.15) is 5.10 Å². The van der Waals surface area contributed by atoms with Crippen LogP contribution in [-0.4, -0.2) is 14.9 Å². The molecule has 3 nitrogen and oxygen atoms in total. The van der Waals surface area contributed by atoms with E-state index in [0.717, 1.165) is 15.7 Å². The Morgan fingerprint density at radius 2 is 2.00 bits per heavy atom. The van der Waals surface area contributed by atoms with Crippen molar-refractivity contribution in [1.29, 1.82) is 0 Å². The van der Waals surface area contributed by atoms with E-state index in [1.807, 2.05) is 35.1 Å². The van der Waals surface area contributed by atoms with Crippen LogP contribution in [0.25, 0.3) is 5.69 Å². The molecule has 1 aliphatic rings. The Bertz CT molecular complexity index is 529. The molecule has 1 aromatic heterocycles. The van der Waals surface area contributed by atoms with E-state index < -0.39 is 0 Å². The molecule has 1 saturated carbocycles. The lowest BCUT2D eigenvalue weighted by Crippen LogP contribution is -2.01. The van der Waals surface area contributed by atoms with Gasteiger partial charge in [0.15, 0.2) is 0 Å². The van der Waals surface area contributed by atoms with Gasteiger partial charge in [-0.1, -0.05) is 12.1 Å². The molecular weight excluding hydrogens is 280 g/mol. The first kappa shape index (κ1) is 11.0. The molecule has 2 aromatic rings. The zero-order valence-corrected chi connectivity index (χ0v) is 10.9. The van der Waals surface area contributed by atoms with E-state index in [1.165, 1.54) is 18.5 Å². The van der Waals surface area contributed by atoms with Crippen molar-refractivity contribution in [3.05, 3.63) is 46.2 Å². The lowest BCUT2D eigenvalue weighted by Gasteiger charge is -2.07. The van der Waals surface area contributed by atoms with Gasteiger partial charge in [-0.3, -0.25) is 0 Å². The van der Waals surface area contributed by atoms with Gasteiger partial charge in [0.25, 0.3) is 0 Å². The smallest absolute Gasteiger partial charge is 0.0681 e. The third-order valence-corrected chi connectivity index (χ3v) is 3.70. The monoisotopic (exact) mass is 292 g/mol. The lowest BCUT2D eigenvalue weighted by molar-refractivity contribution is 0.282. The number of halogens is 1. The Hall–Kier alpha value is -1.13. The normalized spacial score (nSPS) is 15.2. The largest absolute Gasteiger partial charge is 0.392 e. The van der Waals surface area contributed by atoms with Crippen LogP contribution in [0.3, 0.4) is 0 Å². The van der Waals surface area contributed by atoms with Crippen molar-refractivity contribution < 1.29 is 5.11 Å². The minimum atomic E-state index is 0.0819. The molecule has 1 heterocycles. The first-order chi connectivity index (χ1) is 8.29. The molecule has 0 saturated heterocycles. The van der Waals surface area contributed by atoms with E-state index in [1.54, 1.807) is 0 Å². The minimum absolute atomic E-state index is 0.0819. The molecule has 0 bridgehead atoms. The quantitative estimate of drug-likeness (QED) is 0.944. The van der Waals surface area contributed by atoms with Crippen molar-refractivity contribution in [2.75, 3.05) is 0 Å². The average molecular weight is 293 g/mol. The second-order valence-corrected chi connectivity index (χ2v) is 5.24. The highest BCUT2D eigenvalue weighted by Crippen LogP contribution is 2.43. The van der Waals surface area contributed by atoms with E-state index in [4.69, 9.17) is 5.11 Å². The Kier molecular flexibility index (Phi) is 2.76. The van der Waals surface area contributed by atoms with Crippen LogP contribution in [0.4, 0.5) is 0 Å². The molecule has 0 radical (unpaired) electrons. The predicted octanol–water partition coefficient (Wildman–Crippen LogP) is 3.00. The fraction of sp³-hybridized carbons (Fsp3) is 0.308. The Morgan fingerprint density at radius 1 is 1.29 bits per heavy atom. The van der Waals surface area contributed by atoms with Crippen molar-refractivity contribution in [2.45, 2.75) is 25.4 Å². The second-order valence-electron chi connectivity index (χ2n) is 4.39. The second kappa shape index (κ2) is 4.27. The van der Waals surface area contributed by atoms with Gasteiger partial charge in [0.1, 0.15) is 0 Å². The molecule has 4 heteroatoms. The topological polar surface area (TPSA) is 38.0 Å². The summed E-state index contributed by atoms with van der Waals surface area (Å²) in [6, 6.07) is 7.86. The zero-order valence-electron chi connectivity index (χ0n) is 9.31. The van der Waals surface area contributed by atoms with Crippen LogP contribution < -0.4 is 0 Å². The predicted molar refractivity (Wildman–Crippen MR) is 69.2 cm³/mol.